The first-order valence-electron chi connectivity index (χ1n) is 7.66. The molecule has 0 saturated carbocycles. The van der Waals surface area contributed by atoms with Crippen LogP contribution in [0.2, 0.25) is 5.02 Å². The van der Waals surface area contributed by atoms with Gasteiger partial charge < -0.3 is 5.32 Å². The van der Waals surface area contributed by atoms with Crippen LogP contribution < -0.4 is 5.32 Å². The Morgan fingerprint density at radius 2 is 2.19 bits per heavy atom. The van der Waals surface area contributed by atoms with Crippen molar-refractivity contribution < 1.29 is 0 Å². The first kappa shape index (κ1) is 15.9. The third-order valence-corrected chi connectivity index (χ3v) is 4.08. The Morgan fingerprint density at radius 1 is 1.27 bits per heavy atom. The average Bonchev–Trinajstić information content (AvgIpc) is 3.09. The van der Waals surface area contributed by atoms with Crippen molar-refractivity contribution in [1.82, 2.24) is 30.4 Å². The molecule has 0 saturated heterocycles. The van der Waals surface area contributed by atoms with Crippen molar-refractivity contribution in [3.63, 3.8) is 0 Å². The van der Waals surface area contributed by atoms with Gasteiger partial charge in [-0.25, -0.2) is 9.97 Å². The molecule has 0 aliphatic heterocycles. The normalized spacial score (nSPS) is 10.6. The van der Waals surface area contributed by atoms with Gasteiger partial charge in [0.05, 0.1) is 40.8 Å². The van der Waals surface area contributed by atoms with Gasteiger partial charge in [0.25, 0.3) is 0 Å². The molecule has 0 radical (unpaired) electrons. The molecule has 126 valence electrons. The van der Waals surface area contributed by atoms with E-state index in [1.807, 2.05) is 18.2 Å². The van der Waals surface area contributed by atoms with Gasteiger partial charge in [-0.1, -0.05) is 11.6 Å². The van der Waals surface area contributed by atoms with Gasteiger partial charge in [-0.15, -0.1) is 5.10 Å². The van der Waals surface area contributed by atoms with Crippen LogP contribution in [0.15, 0.2) is 42.7 Å². The van der Waals surface area contributed by atoms with E-state index in [2.05, 4.69) is 35.7 Å². The summed E-state index contributed by atoms with van der Waals surface area (Å²) < 4.78 is 0. The van der Waals surface area contributed by atoms with E-state index >= 15 is 0 Å². The van der Waals surface area contributed by atoms with Crippen LogP contribution in [-0.2, 0) is 6.54 Å². The van der Waals surface area contributed by atoms with Crippen molar-refractivity contribution in [3.8, 4) is 17.3 Å². The quantitative estimate of drug-likeness (QED) is 0.573. The Morgan fingerprint density at radius 3 is 3.04 bits per heavy atom. The summed E-state index contributed by atoms with van der Waals surface area (Å²) in [6.07, 6.45) is 3.21. The Labute approximate surface area is 152 Å². The number of anilines is 1. The first-order valence-corrected chi connectivity index (χ1v) is 8.04. The van der Waals surface area contributed by atoms with Crippen LogP contribution in [0.3, 0.4) is 0 Å². The molecule has 1 aromatic carbocycles. The fraction of sp³-hybridized carbons (Fsp3) is 0.0588. The fourth-order valence-corrected chi connectivity index (χ4v) is 2.78. The van der Waals surface area contributed by atoms with E-state index in [1.54, 1.807) is 24.4 Å². The summed E-state index contributed by atoms with van der Waals surface area (Å²) in [5, 5.41) is 28.5. The third kappa shape index (κ3) is 3.03. The number of pyridine rings is 1. The molecule has 4 rings (SSSR count). The molecule has 2 N–H and O–H groups in total. The van der Waals surface area contributed by atoms with E-state index < -0.39 is 0 Å². The predicted octanol–water partition coefficient (Wildman–Crippen LogP) is 2.95. The first-order chi connectivity index (χ1) is 12.7. The maximum absolute atomic E-state index is 8.93. The largest absolute Gasteiger partial charge is 0.347 e. The van der Waals surface area contributed by atoms with Gasteiger partial charge in [-0.3, -0.25) is 5.10 Å². The highest BCUT2D eigenvalue weighted by Crippen LogP contribution is 2.27. The summed E-state index contributed by atoms with van der Waals surface area (Å²) in [7, 11) is 0. The van der Waals surface area contributed by atoms with Crippen LogP contribution >= 0.6 is 11.6 Å². The Kier molecular flexibility index (Phi) is 4.13. The van der Waals surface area contributed by atoms with Crippen LogP contribution in [0, 0.1) is 11.3 Å². The van der Waals surface area contributed by atoms with E-state index in [9.17, 15) is 0 Å². The number of nitrogens with one attached hydrogen (secondary N) is 2. The summed E-state index contributed by atoms with van der Waals surface area (Å²) >= 11 is 6.24. The molecule has 0 atom stereocenters. The minimum atomic E-state index is 0.356. The second-order valence-corrected chi connectivity index (χ2v) is 5.81. The molecule has 4 aromatic rings. The summed E-state index contributed by atoms with van der Waals surface area (Å²) in [5.74, 6) is 0.356. The molecule has 0 aliphatic rings. The lowest BCUT2D eigenvalue weighted by Gasteiger charge is -2.06. The molecule has 0 aliphatic carbocycles. The van der Waals surface area contributed by atoms with Gasteiger partial charge in [-0.2, -0.15) is 15.5 Å². The SMILES string of the molecule is N#Cc1ccc(-c2cnnc(NCc3[nH]nc4ncccc34)n2)c(Cl)c1. The summed E-state index contributed by atoms with van der Waals surface area (Å²) in [6, 6.07) is 10.9. The zero-order chi connectivity index (χ0) is 17.9. The smallest absolute Gasteiger partial charge is 0.243 e. The fourth-order valence-electron chi connectivity index (χ4n) is 2.51. The van der Waals surface area contributed by atoms with E-state index in [0.717, 1.165) is 11.1 Å². The highest BCUT2D eigenvalue weighted by molar-refractivity contribution is 6.33. The van der Waals surface area contributed by atoms with Crippen molar-refractivity contribution in [2.75, 3.05) is 5.32 Å². The topological polar surface area (TPSA) is 116 Å². The second kappa shape index (κ2) is 6.74. The zero-order valence-corrected chi connectivity index (χ0v) is 14.1. The molecule has 0 spiro atoms. The van der Waals surface area contributed by atoms with E-state index in [1.165, 1.54) is 6.20 Å². The maximum atomic E-state index is 8.93. The van der Waals surface area contributed by atoms with Gasteiger partial charge in [-0.05, 0) is 30.3 Å². The molecule has 26 heavy (non-hydrogen) atoms. The number of nitriles is 1. The molecule has 9 heteroatoms. The van der Waals surface area contributed by atoms with Gasteiger partial charge in [0.1, 0.15) is 0 Å². The van der Waals surface area contributed by atoms with Crippen LogP contribution in [0.25, 0.3) is 22.3 Å². The maximum Gasteiger partial charge on any atom is 0.243 e. The molecule has 8 nitrogen and oxygen atoms in total. The number of aromatic amines is 1. The van der Waals surface area contributed by atoms with Gasteiger partial charge in [0.2, 0.25) is 5.95 Å². The van der Waals surface area contributed by atoms with Crippen molar-refractivity contribution >= 4 is 28.6 Å². The monoisotopic (exact) mass is 362 g/mol. The van der Waals surface area contributed by atoms with Crippen molar-refractivity contribution in [2.45, 2.75) is 6.54 Å². The van der Waals surface area contributed by atoms with E-state index in [4.69, 9.17) is 16.9 Å². The van der Waals surface area contributed by atoms with Crippen molar-refractivity contribution in [2.24, 2.45) is 0 Å². The summed E-state index contributed by atoms with van der Waals surface area (Å²) in [4.78, 5) is 8.62. The third-order valence-electron chi connectivity index (χ3n) is 3.76. The molecular formula is C17H11ClN8. The van der Waals surface area contributed by atoms with Crippen LogP contribution in [0.1, 0.15) is 11.3 Å². The number of benzene rings is 1. The lowest BCUT2D eigenvalue weighted by Crippen LogP contribution is -2.06. The lowest BCUT2D eigenvalue weighted by atomic mass is 10.1. The number of nitrogens with zero attached hydrogens (tertiary/aromatic N) is 6. The molecule has 0 bridgehead atoms. The van der Waals surface area contributed by atoms with Gasteiger partial charge in [0, 0.05) is 17.1 Å². The molecule has 3 heterocycles. The number of aromatic nitrogens is 6. The Balaban J connectivity index is 1.57. The number of hydrogen-bond acceptors (Lipinski definition) is 7. The molecule has 3 aromatic heterocycles. The highest BCUT2D eigenvalue weighted by atomic mass is 35.5. The number of H-pyrrole nitrogens is 1. The molecule has 0 amide bonds. The van der Waals surface area contributed by atoms with Crippen LogP contribution in [0.5, 0.6) is 0 Å². The standard InChI is InChI=1S/C17H11ClN8/c18-13-6-10(7-19)3-4-11(13)14-9-22-26-17(23-14)21-8-15-12-2-1-5-20-16(12)25-24-15/h1-6,9H,8H2,(H,20,24,25)(H,21,23,26). The van der Waals surface area contributed by atoms with E-state index in [-0.39, 0.29) is 0 Å². The van der Waals surface area contributed by atoms with Crippen LogP contribution in [0.4, 0.5) is 5.95 Å². The van der Waals surface area contributed by atoms with Crippen molar-refractivity contribution in [1.29, 1.82) is 5.26 Å². The summed E-state index contributed by atoms with van der Waals surface area (Å²) in [5.41, 5.74) is 3.26. The van der Waals surface area contributed by atoms with Gasteiger partial charge in [0.15, 0.2) is 5.65 Å². The number of hydrogen-bond donors (Lipinski definition) is 2. The molecular weight excluding hydrogens is 352 g/mol. The Hall–Kier alpha value is -3.57. The molecule has 0 fully saturated rings. The van der Waals surface area contributed by atoms with Gasteiger partial charge >= 0.3 is 0 Å². The zero-order valence-electron chi connectivity index (χ0n) is 13.3. The molecule has 0 unspecified atom stereocenters. The van der Waals surface area contributed by atoms with Crippen molar-refractivity contribution in [3.05, 3.63) is 59.0 Å². The lowest BCUT2D eigenvalue weighted by molar-refractivity contribution is 0.926. The predicted molar refractivity (Wildman–Crippen MR) is 96.2 cm³/mol. The minimum absolute atomic E-state index is 0.356. The summed E-state index contributed by atoms with van der Waals surface area (Å²) in [6.45, 7) is 0.439. The highest BCUT2D eigenvalue weighted by Gasteiger charge is 2.10. The number of fused-ring (bicyclic) bond motifs is 1. The number of halogens is 1. The van der Waals surface area contributed by atoms with Crippen LogP contribution in [-0.4, -0.2) is 30.4 Å². The second-order valence-electron chi connectivity index (χ2n) is 5.40. The van der Waals surface area contributed by atoms with E-state index in [0.29, 0.717) is 40.0 Å². The minimum Gasteiger partial charge on any atom is -0.347 e. The number of rotatable bonds is 4. The average molecular weight is 363 g/mol. The Bertz CT molecular complexity index is 1130.